The number of hydrogen-bond acceptors (Lipinski definition) is 4. The summed E-state index contributed by atoms with van der Waals surface area (Å²) in [6, 6.07) is 7.33. The number of benzene rings is 1. The number of anilines is 1. The molecule has 1 aliphatic heterocycles. The first-order chi connectivity index (χ1) is 14.6. The number of amides is 3. The molecule has 0 bridgehead atoms. The molecule has 0 saturated carbocycles. The van der Waals surface area contributed by atoms with Crippen LogP contribution < -0.4 is 10.6 Å². The molecule has 1 aliphatic rings. The molecule has 3 amide bonds. The molecule has 0 unspecified atom stereocenters. The van der Waals surface area contributed by atoms with Gasteiger partial charge in [-0.2, -0.15) is 5.10 Å². The number of aromatic nitrogens is 3. The van der Waals surface area contributed by atoms with E-state index in [-0.39, 0.29) is 18.5 Å². The topological polar surface area (TPSA) is 104 Å². The van der Waals surface area contributed by atoms with E-state index in [2.05, 4.69) is 36.6 Å². The molecule has 0 aliphatic carbocycles. The maximum Gasteiger partial charge on any atom is 0.320 e. The van der Waals surface area contributed by atoms with Gasteiger partial charge in [0.05, 0.1) is 13.2 Å². The van der Waals surface area contributed by atoms with Crippen LogP contribution in [0.4, 0.5) is 10.6 Å². The lowest BCUT2D eigenvalue weighted by Crippen LogP contribution is -2.42. The molecule has 1 fully saturated rings. The average Bonchev–Trinajstić information content (AvgIpc) is 3.36. The summed E-state index contributed by atoms with van der Waals surface area (Å²) in [5.41, 5.74) is 2.18. The van der Waals surface area contributed by atoms with Crippen molar-refractivity contribution in [3.63, 3.8) is 0 Å². The number of urea groups is 1. The van der Waals surface area contributed by atoms with Crippen LogP contribution in [0.15, 0.2) is 41.1 Å². The smallest absolute Gasteiger partial charge is 0.320 e. The minimum absolute atomic E-state index is 0.0118. The van der Waals surface area contributed by atoms with E-state index in [9.17, 15) is 9.59 Å². The quantitative estimate of drug-likeness (QED) is 0.509. The lowest BCUT2D eigenvalue weighted by atomic mass is 10.1. The van der Waals surface area contributed by atoms with E-state index in [1.807, 2.05) is 24.4 Å². The van der Waals surface area contributed by atoms with Gasteiger partial charge in [0.2, 0.25) is 5.91 Å². The van der Waals surface area contributed by atoms with Crippen molar-refractivity contribution in [1.82, 2.24) is 25.0 Å². The Labute approximate surface area is 181 Å². The minimum atomic E-state index is -0.335. The maximum absolute atomic E-state index is 12.3. The van der Waals surface area contributed by atoms with Crippen molar-refractivity contribution >= 4 is 44.6 Å². The lowest BCUT2D eigenvalue weighted by molar-refractivity contribution is -0.136. The van der Waals surface area contributed by atoms with E-state index in [0.29, 0.717) is 45.1 Å². The Bertz CT molecular complexity index is 1040. The van der Waals surface area contributed by atoms with E-state index in [1.165, 1.54) is 4.68 Å². The van der Waals surface area contributed by atoms with Crippen molar-refractivity contribution in [2.24, 2.45) is 0 Å². The number of carbonyl (C=O) groups is 2. The second-order valence-corrected chi connectivity index (χ2v) is 7.85. The first-order valence-electron chi connectivity index (χ1n) is 9.78. The molecule has 2 aromatic heterocycles. The number of aromatic amines is 1. The third kappa shape index (κ3) is 4.82. The summed E-state index contributed by atoms with van der Waals surface area (Å²) in [7, 11) is 0. The molecular formula is C20H23BrN6O3. The number of halogens is 1. The molecule has 0 radical (unpaired) electrons. The van der Waals surface area contributed by atoms with Crippen LogP contribution in [0.3, 0.4) is 0 Å². The highest BCUT2D eigenvalue weighted by Gasteiger charge is 2.17. The number of H-pyrrole nitrogens is 1. The number of rotatable bonds is 6. The minimum Gasteiger partial charge on any atom is -0.378 e. The van der Waals surface area contributed by atoms with Gasteiger partial charge < -0.3 is 19.9 Å². The van der Waals surface area contributed by atoms with Crippen LogP contribution in [0, 0.1) is 0 Å². The Hall–Kier alpha value is -2.85. The normalized spacial score (nSPS) is 14.1. The first-order valence-corrected chi connectivity index (χ1v) is 10.6. The van der Waals surface area contributed by atoms with Crippen LogP contribution in [-0.4, -0.2) is 64.5 Å². The van der Waals surface area contributed by atoms with E-state index < -0.39 is 0 Å². The predicted molar refractivity (Wildman–Crippen MR) is 116 cm³/mol. The summed E-state index contributed by atoms with van der Waals surface area (Å²) >= 11 is 3.57. The van der Waals surface area contributed by atoms with Crippen LogP contribution in [0.25, 0.3) is 10.9 Å². The molecule has 1 saturated heterocycles. The van der Waals surface area contributed by atoms with Crippen molar-refractivity contribution in [2.45, 2.75) is 13.0 Å². The molecule has 3 N–H and O–H groups in total. The van der Waals surface area contributed by atoms with Gasteiger partial charge in [-0.3, -0.25) is 14.8 Å². The SMILES string of the molecule is O=C(NCCc1c[nH]c2cccc(Br)c12)Nc1ccn(CC(=O)N2CCOCC2)n1. The monoisotopic (exact) mass is 474 g/mol. The van der Waals surface area contributed by atoms with Crippen molar-refractivity contribution in [1.29, 1.82) is 0 Å². The van der Waals surface area contributed by atoms with Crippen molar-refractivity contribution in [2.75, 3.05) is 38.2 Å². The fourth-order valence-electron chi connectivity index (χ4n) is 3.44. The molecule has 158 valence electrons. The van der Waals surface area contributed by atoms with Crippen LogP contribution in [0.2, 0.25) is 0 Å². The molecular weight excluding hydrogens is 452 g/mol. The molecule has 4 rings (SSSR count). The Balaban J connectivity index is 1.25. The van der Waals surface area contributed by atoms with E-state index in [1.54, 1.807) is 17.2 Å². The van der Waals surface area contributed by atoms with E-state index in [0.717, 1.165) is 20.9 Å². The Morgan fingerprint density at radius 1 is 1.23 bits per heavy atom. The van der Waals surface area contributed by atoms with Crippen molar-refractivity contribution in [3.8, 4) is 0 Å². The number of nitrogens with one attached hydrogen (secondary N) is 3. The van der Waals surface area contributed by atoms with E-state index in [4.69, 9.17) is 4.74 Å². The summed E-state index contributed by atoms with van der Waals surface area (Å²) in [5.74, 6) is 0.388. The number of morpholine rings is 1. The number of nitrogens with zero attached hydrogens (tertiary/aromatic N) is 3. The number of ether oxygens (including phenoxy) is 1. The van der Waals surface area contributed by atoms with Gasteiger partial charge >= 0.3 is 6.03 Å². The number of carbonyl (C=O) groups excluding carboxylic acids is 2. The van der Waals surface area contributed by atoms with E-state index >= 15 is 0 Å². The average molecular weight is 475 g/mol. The Morgan fingerprint density at radius 3 is 2.90 bits per heavy atom. The molecule has 3 heterocycles. The predicted octanol–water partition coefficient (Wildman–Crippen LogP) is 2.35. The Kier molecular flexibility index (Phi) is 6.34. The first kappa shape index (κ1) is 20.4. The highest BCUT2D eigenvalue weighted by atomic mass is 79.9. The van der Waals surface area contributed by atoms with Gasteiger partial charge in [0, 0.05) is 53.5 Å². The van der Waals surface area contributed by atoms with Gasteiger partial charge in [-0.15, -0.1) is 0 Å². The van der Waals surface area contributed by atoms with Gasteiger partial charge in [0.1, 0.15) is 6.54 Å². The van der Waals surface area contributed by atoms with Gasteiger partial charge in [0.25, 0.3) is 0 Å². The van der Waals surface area contributed by atoms with Gasteiger partial charge in [-0.1, -0.05) is 22.0 Å². The molecule has 9 nitrogen and oxygen atoms in total. The van der Waals surface area contributed by atoms with Crippen molar-refractivity contribution < 1.29 is 14.3 Å². The van der Waals surface area contributed by atoms with Gasteiger partial charge in [-0.05, 0) is 24.1 Å². The molecule has 1 aromatic carbocycles. The molecule has 0 atom stereocenters. The summed E-state index contributed by atoms with van der Waals surface area (Å²) < 4.78 is 7.81. The highest BCUT2D eigenvalue weighted by Crippen LogP contribution is 2.27. The Morgan fingerprint density at radius 2 is 2.07 bits per heavy atom. The van der Waals surface area contributed by atoms with Crippen LogP contribution in [0.1, 0.15) is 5.56 Å². The maximum atomic E-state index is 12.3. The fraction of sp³-hybridized carbons (Fsp3) is 0.350. The molecule has 0 spiro atoms. The second kappa shape index (κ2) is 9.31. The van der Waals surface area contributed by atoms with Gasteiger partial charge in [0.15, 0.2) is 5.82 Å². The van der Waals surface area contributed by atoms with Crippen LogP contribution in [-0.2, 0) is 22.5 Å². The summed E-state index contributed by atoms with van der Waals surface area (Å²) in [6.45, 7) is 2.94. The third-order valence-corrected chi connectivity index (χ3v) is 5.62. The van der Waals surface area contributed by atoms with Crippen LogP contribution in [0.5, 0.6) is 0 Å². The zero-order chi connectivity index (χ0) is 20.9. The van der Waals surface area contributed by atoms with Crippen LogP contribution >= 0.6 is 15.9 Å². The zero-order valence-electron chi connectivity index (χ0n) is 16.4. The second-order valence-electron chi connectivity index (χ2n) is 7.00. The number of hydrogen-bond donors (Lipinski definition) is 3. The fourth-order valence-corrected chi connectivity index (χ4v) is 4.06. The van der Waals surface area contributed by atoms with Crippen molar-refractivity contribution in [3.05, 3.63) is 46.7 Å². The van der Waals surface area contributed by atoms with Gasteiger partial charge in [-0.25, -0.2) is 4.79 Å². The largest absolute Gasteiger partial charge is 0.378 e. The standard InChI is InChI=1S/C20H23BrN6O3/c21-15-2-1-3-16-19(15)14(12-23-16)4-6-22-20(29)24-17-5-7-27(25-17)13-18(28)26-8-10-30-11-9-26/h1-3,5,7,12,23H,4,6,8-11,13H2,(H2,22,24,25,29). The summed E-state index contributed by atoms with van der Waals surface area (Å²) in [4.78, 5) is 29.4. The third-order valence-electron chi connectivity index (χ3n) is 4.96. The molecule has 3 aromatic rings. The summed E-state index contributed by atoms with van der Waals surface area (Å²) in [6.07, 6.45) is 4.33. The lowest BCUT2D eigenvalue weighted by Gasteiger charge is -2.26. The summed E-state index contributed by atoms with van der Waals surface area (Å²) in [5, 5.41) is 10.9. The molecule has 10 heteroatoms. The number of fused-ring (bicyclic) bond motifs is 1. The molecule has 30 heavy (non-hydrogen) atoms. The highest BCUT2D eigenvalue weighted by molar-refractivity contribution is 9.10. The zero-order valence-corrected chi connectivity index (χ0v) is 17.9.